The van der Waals surface area contributed by atoms with Crippen LogP contribution in [0.3, 0.4) is 0 Å². The number of carbonyl (C=O) groups is 1. The molecule has 2 heterocycles. The van der Waals surface area contributed by atoms with Crippen LogP contribution in [0.4, 0.5) is 0 Å². The molecule has 2 rings (SSSR count). The molecular weight excluding hydrogens is 186 g/mol. The van der Waals surface area contributed by atoms with Crippen LogP contribution in [0.5, 0.6) is 0 Å². The summed E-state index contributed by atoms with van der Waals surface area (Å²) in [7, 11) is 0. The van der Waals surface area contributed by atoms with Crippen LogP contribution in [0, 0.1) is 0 Å². The van der Waals surface area contributed by atoms with E-state index >= 15 is 0 Å². The average molecular weight is 201 g/mol. The molecule has 5 nitrogen and oxygen atoms in total. The highest BCUT2D eigenvalue weighted by molar-refractivity contribution is 5.72. The molecule has 0 spiro atoms. The van der Waals surface area contributed by atoms with Crippen molar-refractivity contribution < 1.29 is 19.7 Å². The predicted molar refractivity (Wildman–Crippen MR) is 48.0 cm³/mol. The molecule has 0 amide bonds. The fourth-order valence-electron chi connectivity index (χ4n) is 2.17. The number of aliphatic carboxylic acids is 1. The van der Waals surface area contributed by atoms with Gasteiger partial charge in [0.05, 0.1) is 12.2 Å². The Morgan fingerprint density at radius 3 is 2.50 bits per heavy atom. The number of aliphatic hydroxyl groups excluding tert-OH is 1. The van der Waals surface area contributed by atoms with Crippen LogP contribution in [-0.2, 0) is 9.53 Å². The van der Waals surface area contributed by atoms with Gasteiger partial charge in [-0.15, -0.1) is 0 Å². The monoisotopic (exact) mass is 201 g/mol. The summed E-state index contributed by atoms with van der Waals surface area (Å²) in [5.74, 6) is -1.15. The van der Waals surface area contributed by atoms with Gasteiger partial charge in [-0.3, -0.25) is 4.90 Å². The highest BCUT2D eigenvalue weighted by atomic mass is 16.5. The second-order valence-electron chi connectivity index (χ2n) is 4.03. The Labute approximate surface area is 82.3 Å². The van der Waals surface area contributed by atoms with Crippen LogP contribution in [0.2, 0.25) is 0 Å². The van der Waals surface area contributed by atoms with Crippen molar-refractivity contribution in [2.75, 3.05) is 19.6 Å². The van der Waals surface area contributed by atoms with E-state index in [2.05, 4.69) is 0 Å². The number of rotatable bonds is 3. The van der Waals surface area contributed by atoms with Gasteiger partial charge in [0, 0.05) is 19.6 Å². The van der Waals surface area contributed by atoms with E-state index in [1.165, 1.54) is 0 Å². The minimum absolute atomic E-state index is 0.214. The normalized spacial score (nSPS) is 34.4. The second kappa shape index (κ2) is 3.84. The first-order chi connectivity index (χ1) is 6.65. The third kappa shape index (κ3) is 2.05. The first-order valence-electron chi connectivity index (χ1n) is 4.94. The molecule has 2 saturated heterocycles. The van der Waals surface area contributed by atoms with Crippen molar-refractivity contribution in [2.24, 2.45) is 0 Å². The molecule has 0 saturated carbocycles. The number of nitrogens with zero attached hydrogens (tertiary/aromatic N) is 1. The average Bonchev–Trinajstić information content (AvgIpc) is 2.45. The summed E-state index contributed by atoms with van der Waals surface area (Å²) in [5.41, 5.74) is 0. The molecule has 2 fully saturated rings. The third-order valence-electron chi connectivity index (χ3n) is 2.84. The zero-order chi connectivity index (χ0) is 10.1. The van der Waals surface area contributed by atoms with Crippen molar-refractivity contribution in [3.05, 3.63) is 0 Å². The summed E-state index contributed by atoms with van der Waals surface area (Å²) in [5, 5.41) is 17.7. The maximum Gasteiger partial charge on any atom is 0.333 e. The summed E-state index contributed by atoms with van der Waals surface area (Å²) in [6.45, 7) is 1.72. The molecule has 2 bridgehead atoms. The molecule has 0 radical (unpaired) electrons. The van der Waals surface area contributed by atoms with Crippen molar-refractivity contribution in [3.63, 3.8) is 0 Å². The highest BCUT2D eigenvalue weighted by Crippen LogP contribution is 2.26. The minimum atomic E-state index is -1.27. The smallest absolute Gasteiger partial charge is 0.333 e. The zero-order valence-corrected chi connectivity index (χ0v) is 7.93. The number of carboxylic acid groups (broad SMARTS) is 1. The van der Waals surface area contributed by atoms with Gasteiger partial charge in [0.1, 0.15) is 0 Å². The van der Waals surface area contributed by atoms with E-state index in [9.17, 15) is 9.90 Å². The second-order valence-corrected chi connectivity index (χ2v) is 4.03. The highest BCUT2D eigenvalue weighted by Gasteiger charge is 2.34. The molecule has 2 aliphatic heterocycles. The summed E-state index contributed by atoms with van der Waals surface area (Å²) in [4.78, 5) is 12.4. The fourth-order valence-corrected chi connectivity index (χ4v) is 2.17. The number of fused-ring (bicyclic) bond motifs is 2. The number of hydrogen-bond donors (Lipinski definition) is 2. The SMILES string of the molecule is O=C(O)C(O)CN1CC2CCC(C1)O2. The molecule has 2 N–H and O–H groups in total. The molecule has 0 aromatic carbocycles. The van der Waals surface area contributed by atoms with E-state index in [4.69, 9.17) is 9.84 Å². The van der Waals surface area contributed by atoms with E-state index in [-0.39, 0.29) is 18.8 Å². The van der Waals surface area contributed by atoms with Gasteiger partial charge in [0.2, 0.25) is 0 Å². The molecule has 80 valence electrons. The molecule has 0 aromatic heterocycles. The van der Waals surface area contributed by atoms with E-state index in [1.807, 2.05) is 4.90 Å². The largest absolute Gasteiger partial charge is 0.479 e. The summed E-state index contributed by atoms with van der Waals surface area (Å²) in [6.07, 6.45) is 1.34. The van der Waals surface area contributed by atoms with Crippen molar-refractivity contribution in [1.82, 2.24) is 4.90 Å². The number of likely N-dealkylation sites (tertiary alicyclic amines) is 1. The Bertz CT molecular complexity index is 221. The number of aliphatic hydroxyl groups is 1. The van der Waals surface area contributed by atoms with Gasteiger partial charge < -0.3 is 14.9 Å². The fraction of sp³-hybridized carbons (Fsp3) is 0.889. The first-order valence-corrected chi connectivity index (χ1v) is 4.94. The Kier molecular flexibility index (Phi) is 2.71. The third-order valence-corrected chi connectivity index (χ3v) is 2.84. The minimum Gasteiger partial charge on any atom is -0.479 e. The summed E-state index contributed by atoms with van der Waals surface area (Å²) < 4.78 is 5.60. The number of hydrogen-bond acceptors (Lipinski definition) is 4. The molecular formula is C9H15NO4. The number of ether oxygens (including phenoxy) is 1. The van der Waals surface area contributed by atoms with Gasteiger partial charge in [0.25, 0.3) is 0 Å². The van der Waals surface area contributed by atoms with Crippen LogP contribution in [0.15, 0.2) is 0 Å². The lowest BCUT2D eigenvalue weighted by atomic mass is 10.2. The lowest BCUT2D eigenvalue weighted by Crippen LogP contribution is -2.47. The van der Waals surface area contributed by atoms with Crippen LogP contribution in [0.1, 0.15) is 12.8 Å². The van der Waals surface area contributed by atoms with Crippen molar-refractivity contribution in [3.8, 4) is 0 Å². The molecule has 2 aliphatic rings. The maximum absolute atomic E-state index is 10.4. The summed E-state index contributed by atoms with van der Waals surface area (Å²) in [6, 6.07) is 0. The van der Waals surface area contributed by atoms with E-state index in [0.717, 1.165) is 25.9 Å². The zero-order valence-electron chi connectivity index (χ0n) is 7.93. The lowest BCUT2D eigenvalue weighted by Gasteiger charge is -2.32. The standard InChI is InChI=1S/C9H15NO4/c11-8(9(12)13)5-10-3-6-1-2-7(4-10)14-6/h6-8,11H,1-5H2,(H,12,13). The molecule has 3 unspecified atom stereocenters. The van der Waals surface area contributed by atoms with Crippen LogP contribution in [-0.4, -0.2) is 59.0 Å². The van der Waals surface area contributed by atoms with E-state index in [0.29, 0.717) is 0 Å². The van der Waals surface area contributed by atoms with Gasteiger partial charge >= 0.3 is 5.97 Å². The Morgan fingerprint density at radius 1 is 1.43 bits per heavy atom. The van der Waals surface area contributed by atoms with Crippen LogP contribution < -0.4 is 0 Å². The number of carboxylic acids is 1. The van der Waals surface area contributed by atoms with Crippen LogP contribution in [0.25, 0.3) is 0 Å². The molecule has 5 heteroatoms. The van der Waals surface area contributed by atoms with Gasteiger partial charge in [-0.25, -0.2) is 4.79 Å². The van der Waals surface area contributed by atoms with E-state index < -0.39 is 12.1 Å². The van der Waals surface area contributed by atoms with Crippen LogP contribution >= 0.6 is 0 Å². The topological polar surface area (TPSA) is 70.0 Å². The summed E-state index contributed by atoms with van der Waals surface area (Å²) >= 11 is 0. The number of morpholine rings is 1. The Morgan fingerprint density at radius 2 is 2.00 bits per heavy atom. The maximum atomic E-state index is 10.4. The Hall–Kier alpha value is -0.650. The number of β-amino-alcohol motifs (C(OH)–C–C–N with tert-alkyl or cyclic N) is 1. The van der Waals surface area contributed by atoms with E-state index in [1.54, 1.807) is 0 Å². The molecule has 3 atom stereocenters. The lowest BCUT2D eigenvalue weighted by molar-refractivity contribution is -0.148. The van der Waals surface area contributed by atoms with Gasteiger partial charge in [0.15, 0.2) is 6.10 Å². The van der Waals surface area contributed by atoms with Crippen molar-refractivity contribution >= 4 is 5.97 Å². The van der Waals surface area contributed by atoms with Crippen molar-refractivity contribution in [2.45, 2.75) is 31.2 Å². The van der Waals surface area contributed by atoms with Gasteiger partial charge in [-0.2, -0.15) is 0 Å². The molecule has 0 aliphatic carbocycles. The van der Waals surface area contributed by atoms with Gasteiger partial charge in [-0.1, -0.05) is 0 Å². The molecule has 14 heavy (non-hydrogen) atoms. The van der Waals surface area contributed by atoms with Gasteiger partial charge in [-0.05, 0) is 12.8 Å². The first kappa shape index (κ1) is 9.89. The van der Waals surface area contributed by atoms with Crippen molar-refractivity contribution in [1.29, 1.82) is 0 Å². The predicted octanol–water partition coefficient (Wildman–Crippen LogP) is -0.705. The Balaban J connectivity index is 1.84. The molecule has 0 aromatic rings. The quantitative estimate of drug-likeness (QED) is 0.631.